The van der Waals surface area contributed by atoms with E-state index >= 15 is 0 Å². The van der Waals surface area contributed by atoms with Crippen LogP contribution in [-0.4, -0.2) is 39.6 Å². The van der Waals surface area contributed by atoms with Gasteiger partial charge < -0.3 is 14.8 Å². The van der Waals surface area contributed by atoms with Gasteiger partial charge in [-0.15, -0.1) is 0 Å². The third-order valence-corrected chi connectivity index (χ3v) is 6.38. The summed E-state index contributed by atoms with van der Waals surface area (Å²) in [6.45, 7) is 5.20. The van der Waals surface area contributed by atoms with Crippen LogP contribution in [0.4, 0.5) is 10.5 Å². The molecule has 35 heavy (non-hydrogen) atoms. The fraction of sp³-hybridized carbons (Fsp3) is 0.154. The molecule has 0 saturated carbocycles. The van der Waals surface area contributed by atoms with E-state index in [1.807, 2.05) is 26.0 Å². The number of benzene rings is 2. The number of carboxylic acid groups (broad SMARTS) is 1. The third kappa shape index (κ3) is 5.20. The molecule has 1 aliphatic rings. The van der Waals surface area contributed by atoms with Crippen molar-refractivity contribution in [3.8, 4) is 11.3 Å². The van der Waals surface area contributed by atoms with Crippen LogP contribution in [0.2, 0.25) is 0 Å². The molecular formula is C26H22N2O6S. The van der Waals surface area contributed by atoms with Crippen molar-refractivity contribution in [2.24, 2.45) is 0 Å². The molecule has 0 bridgehead atoms. The first kappa shape index (κ1) is 24.0. The molecule has 0 spiro atoms. The number of hydrogen-bond acceptors (Lipinski definition) is 6. The van der Waals surface area contributed by atoms with Crippen molar-refractivity contribution in [2.45, 2.75) is 20.8 Å². The summed E-state index contributed by atoms with van der Waals surface area (Å²) in [5.41, 5.74) is 4.18. The van der Waals surface area contributed by atoms with E-state index in [1.165, 1.54) is 12.1 Å². The largest absolute Gasteiger partial charge is 0.478 e. The first-order valence-electron chi connectivity index (χ1n) is 10.7. The molecule has 4 rings (SSSR count). The zero-order valence-corrected chi connectivity index (χ0v) is 20.1. The molecule has 2 aromatic carbocycles. The average molecular weight is 491 g/mol. The molecule has 1 fully saturated rings. The Morgan fingerprint density at radius 3 is 2.49 bits per heavy atom. The lowest BCUT2D eigenvalue weighted by molar-refractivity contribution is -0.127. The van der Waals surface area contributed by atoms with Crippen LogP contribution in [0.3, 0.4) is 0 Å². The Morgan fingerprint density at radius 2 is 1.80 bits per heavy atom. The lowest BCUT2D eigenvalue weighted by Crippen LogP contribution is -2.36. The Labute approximate surface area is 205 Å². The van der Waals surface area contributed by atoms with Crippen molar-refractivity contribution in [3.05, 3.63) is 81.5 Å². The molecule has 3 aromatic rings. The number of thioether (sulfide) groups is 1. The molecule has 0 radical (unpaired) electrons. The maximum atomic E-state index is 12.8. The second-order valence-corrected chi connectivity index (χ2v) is 9.16. The molecule has 0 unspecified atom stereocenters. The van der Waals surface area contributed by atoms with Crippen LogP contribution in [0.5, 0.6) is 0 Å². The Morgan fingerprint density at radius 1 is 1.03 bits per heavy atom. The van der Waals surface area contributed by atoms with E-state index in [-0.39, 0.29) is 10.5 Å². The first-order chi connectivity index (χ1) is 16.6. The van der Waals surface area contributed by atoms with E-state index in [0.717, 1.165) is 33.4 Å². The van der Waals surface area contributed by atoms with Crippen LogP contribution in [0, 0.1) is 20.8 Å². The SMILES string of the molecule is Cc1ccc(NC(=O)CN2C(=O)S/C(=C\c3ccc(-c4ccc(C(=O)O)cc4C)o3)C2=O)c(C)c1. The van der Waals surface area contributed by atoms with Gasteiger partial charge in [-0.1, -0.05) is 23.8 Å². The van der Waals surface area contributed by atoms with Crippen LogP contribution in [-0.2, 0) is 9.59 Å². The fourth-order valence-corrected chi connectivity index (χ4v) is 4.52. The number of anilines is 1. The number of nitrogens with zero attached hydrogens (tertiary/aromatic N) is 1. The number of carbonyl (C=O) groups is 4. The number of imide groups is 1. The van der Waals surface area contributed by atoms with Gasteiger partial charge in [0.1, 0.15) is 18.1 Å². The highest BCUT2D eigenvalue weighted by atomic mass is 32.2. The van der Waals surface area contributed by atoms with Gasteiger partial charge >= 0.3 is 5.97 Å². The Bertz CT molecular complexity index is 1400. The van der Waals surface area contributed by atoms with E-state index in [1.54, 1.807) is 37.3 Å². The highest BCUT2D eigenvalue weighted by Gasteiger charge is 2.36. The van der Waals surface area contributed by atoms with Crippen molar-refractivity contribution >= 4 is 46.5 Å². The van der Waals surface area contributed by atoms with Crippen molar-refractivity contribution < 1.29 is 28.7 Å². The number of aromatic carboxylic acids is 1. The number of hydrogen-bond donors (Lipinski definition) is 2. The number of nitrogens with one attached hydrogen (secondary N) is 1. The lowest BCUT2D eigenvalue weighted by atomic mass is 10.0. The van der Waals surface area contributed by atoms with Gasteiger partial charge in [0.05, 0.1) is 10.5 Å². The summed E-state index contributed by atoms with van der Waals surface area (Å²) < 4.78 is 5.82. The molecule has 9 heteroatoms. The standard InChI is InChI=1S/C26H22N2O6S/c1-14-4-8-20(16(3)10-14)27-23(29)13-28-24(30)22(35-26(28)33)12-18-6-9-21(34-18)19-7-5-17(25(31)32)11-15(19)2/h4-12H,13H2,1-3H3,(H,27,29)(H,31,32)/b22-12-. The minimum atomic E-state index is -1.02. The molecule has 2 heterocycles. The summed E-state index contributed by atoms with van der Waals surface area (Å²) in [5, 5.41) is 11.3. The lowest BCUT2D eigenvalue weighted by Gasteiger charge is -2.13. The molecule has 8 nitrogen and oxygen atoms in total. The predicted molar refractivity (Wildman–Crippen MR) is 133 cm³/mol. The zero-order chi connectivity index (χ0) is 25.3. The molecule has 2 N–H and O–H groups in total. The highest BCUT2D eigenvalue weighted by molar-refractivity contribution is 8.18. The molecule has 1 saturated heterocycles. The Balaban J connectivity index is 1.47. The van der Waals surface area contributed by atoms with Crippen LogP contribution >= 0.6 is 11.8 Å². The summed E-state index contributed by atoms with van der Waals surface area (Å²) >= 11 is 0.737. The van der Waals surface area contributed by atoms with Gasteiger partial charge in [0.25, 0.3) is 11.1 Å². The van der Waals surface area contributed by atoms with Crippen molar-refractivity contribution in [2.75, 3.05) is 11.9 Å². The number of carbonyl (C=O) groups excluding carboxylic acids is 3. The Kier molecular flexibility index (Phi) is 6.61. The van der Waals surface area contributed by atoms with Crippen LogP contribution < -0.4 is 5.32 Å². The van der Waals surface area contributed by atoms with E-state index in [9.17, 15) is 19.2 Å². The number of rotatable bonds is 6. The second kappa shape index (κ2) is 9.63. The average Bonchev–Trinajstić information content (AvgIpc) is 3.35. The topological polar surface area (TPSA) is 117 Å². The van der Waals surface area contributed by atoms with Crippen molar-refractivity contribution in [1.82, 2.24) is 4.90 Å². The van der Waals surface area contributed by atoms with Gasteiger partial charge in [-0.3, -0.25) is 19.3 Å². The minimum Gasteiger partial charge on any atom is -0.478 e. The van der Waals surface area contributed by atoms with Gasteiger partial charge in [0.15, 0.2) is 0 Å². The number of furan rings is 1. The fourth-order valence-electron chi connectivity index (χ4n) is 3.70. The smallest absolute Gasteiger partial charge is 0.335 e. The Hall–Kier alpha value is -4.11. The molecule has 1 aromatic heterocycles. The molecule has 1 aliphatic heterocycles. The summed E-state index contributed by atoms with van der Waals surface area (Å²) in [6.07, 6.45) is 1.46. The molecule has 3 amide bonds. The van der Waals surface area contributed by atoms with Gasteiger partial charge in [-0.2, -0.15) is 0 Å². The number of amides is 3. The summed E-state index contributed by atoms with van der Waals surface area (Å²) in [6, 6.07) is 13.6. The third-order valence-electron chi connectivity index (χ3n) is 5.47. The normalized spacial score (nSPS) is 14.6. The van der Waals surface area contributed by atoms with E-state index in [4.69, 9.17) is 9.52 Å². The highest BCUT2D eigenvalue weighted by Crippen LogP contribution is 2.34. The van der Waals surface area contributed by atoms with Crippen LogP contribution in [0.1, 0.15) is 32.8 Å². The van der Waals surface area contributed by atoms with Gasteiger partial charge in [0, 0.05) is 17.3 Å². The quantitative estimate of drug-likeness (QED) is 0.454. The van der Waals surface area contributed by atoms with Gasteiger partial charge in [0.2, 0.25) is 5.91 Å². The summed E-state index contributed by atoms with van der Waals surface area (Å²) in [7, 11) is 0. The van der Waals surface area contributed by atoms with Crippen LogP contribution in [0.25, 0.3) is 17.4 Å². The van der Waals surface area contributed by atoms with E-state index in [2.05, 4.69) is 5.32 Å². The first-order valence-corrected chi connectivity index (χ1v) is 11.5. The van der Waals surface area contributed by atoms with Crippen molar-refractivity contribution in [1.29, 1.82) is 0 Å². The monoisotopic (exact) mass is 490 g/mol. The minimum absolute atomic E-state index is 0.146. The molecule has 0 atom stereocenters. The molecule has 0 aliphatic carbocycles. The molecule has 178 valence electrons. The summed E-state index contributed by atoms with van der Waals surface area (Å²) in [4.78, 5) is 49.9. The predicted octanol–water partition coefficient (Wildman–Crippen LogP) is 5.25. The van der Waals surface area contributed by atoms with E-state index in [0.29, 0.717) is 22.8 Å². The number of carboxylic acids is 1. The molecular weight excluding hydrogens is 468 g/mol. The second-order valence-electron chi connectivity index (χ2n) is 8.17. The van der Waals surface area contributed by atoms with Gasteiger partial charge in [-0.25, -0.2) is 4.79 Å². The van der Waals surface area contributed by atoms with Crippen molar-refractivity contribution in [3.63, 3.8) is 0 Å². The maximum Gasteiger partial charge on any atom is 0.335 e. The zero-order valence-electron chi connectivity index (χ0n) is 19.2. The summed E-state index contributed by atoms with van der Waals surface area (Å²) in [5.74, 6) is -1.21. The van der Waals surface area contributed by atoms with E-state index < -0.39 is 29.6 Å². The van der Waals surface area contributed by atoms with Gasteiger partial charge in [-0.05, 0) is 74.0 Å². The number of aryl methyl sites for hydroxylation is 3. The van der Waals surface area contributed by atoms with Crippen LogP contribution in [0.15, 0.2) is 57.9 Å². The maximum absolute atomic E-state index is 12.8.